The van der Waals surface area contributed by atoms with Crippen molar-refractivity contribution in [1.29, 1.82) is 0 Å². The largest absolute Gasteiger partial charge is 0.324 e. The third-order valence-electron chi connectivity index (χ3n) is 5.76. The van der Waals surface area contributed by atoms with Crippen LogP contribution in [-0.4, -0.2) is 22.8 Å². The van der Waals surface area contributed by atoms with E-state index in [0.29, 0.717) is 17.2 Å². The highest BCUT2D eigenvalue weighted by Gasteiger charge is 2.59. The Bertz CT molecular complexity index is 956. The molecule has 1 aliphatic heterocycles. The van der Waals surface area contributed by atoms with Crippen LogP contribution in [0, 0.1) is 23.7 Å². The van der Waals surface area contributed by atoms with Crippen LogP contribution in [0.5, 0.6) is 0 Å². The molecular formula is C21H18N4O3. The zero-order valence-corrected chi connectivity index (χ0v) is 14.9. The number of hydrogen-bond donors (Lipinski definition) is 2. The molecular weight excluding hydrogens is 356 g/mol. The van der Waals surface area contributed by atoms with Crippen molar-refractivity contribution >= 4 is 35.0 Å². The Hall–Kier alpha value is -3.48. The van der Waals surface area contributed by atoms with Crippen molar-refractivity contribution in [1.82, 2.24) is 4.98 Å². The number of imide groups is 1. The van der Waals surface area contributed by atoms with E-state index in [1.54, 1.807) is 48.7 Å². The highest BCUT2D eigenvalue weighted by atomic mass is 16.2. The summed E-state index contributed by atoms with van der Waals surface area (Å²) in [6.07, 6.45) is 6.65. The van der Waals surface area contributed by atoms with Crippen molar-refractivity contribution < 1.29 is 14.4 Å². The third-order valence-corrected chi connectivity index (χ3v) is 5.76. The number of nitrogens with zero attached hydrogens (tertiary/aromatic N) is 2. The number of aromatic nitrogens is 1. The summed E-state index contributed by atoms with van der Waals surface area (Å²) in [4.78, 5) is 43.1. The minimum absolute atomic E-state index is 0.111. The zero-order chi connectivity index (χ0) is 19.3. The molecule has 4 unspecified atom stereocenters. The first-order chi connectivity index (χ1) is 13.6. The fourth-order valence-electron chi connectivity index (χ4n) is 4.57. The summed E-state index contributed by atoms with van der Waals surface area (Å²) < 4.78 is 0. The highest BCUT2D eigenvalue weighted by molar-refractivity contribution is 6.22. The van der Waals surface area contributed by atoms with Gasteiger partial charge in [-0.25, -0.2) is 9.78 Å². The lowest BCUT2D eigenvalue weighted by atomic mass is 9.85. The Morgan fingerprint density at radius 1 is 0.929 bits per heavy atom. The molecule has 2 fully saturated rings. The second-order valence-electron chi connectivity index (χ2n) is 7.35. The number of carbonyl (C=O) groups excluding carboxylic acids is 3. The van der Waals surface area contributed by atoms with Crippen LogP contribution in [0.15, 0.2) is 60.8 Å². The molecule has 5 rings (SSSR count). The highest BCUT2D eigenvalue weighted by Crippen LogP contribution is 2.53. The summed E-state index contributed by atoms with van der Waals surface area (Å²) in [5.74, 6) is 0.162. The number of urea groups is 1. The molecule has 1 saturated heterocycles. The fourth-order valence-corrected chi connectivity index (χ4v) is 4.57. The number of carbonyl (C=O) groups is 3. The standard InChI is InChI=1S/C21H18N4O3/c26-19-17-12-4-5-13(11-12)18(17)20(27)25(19)15-8-6-14(7-9-15)23-21(28)24-16-3-1-2-10-22-16/h1-10,12-13,17-18H,11H2,(H2,22,23,24,28). The molecule has 2 aliphatic carbocycles. The second kappa shape index (κ2) is 6.30. The molecule has 4 atom stereocenters. The number of fused-ring (bicyclic) bond motifs is 5. The Morgan fingerprint density at radius 2 is 1.61 bits per heavy atom. The number of amides is 4. The van der Waals surface area contributed by atoms with Crippen LogP contribution in [0.2, 0.25) is 0 Å². The number of pyridine rings is 1. The Balaban J connectivity index is 1.29. The molecule has 2 N–H and O–H groups in total. The van der Waals surface area contributed by atoms with Crippen LogP contribution in [0.3, 0.4) is 0 Å². The van der Waals surface area contributed by atoms with Gasteiger partial charge < -0.3 is 5.32 Å². The van der Waals surface area contributed by atoms with E-state index in [2.05, 4.69) is 27.8 Å². The van der Waals surface area contributed by atoms with Gasteiger partial charge in [0.15, 0.2) is 0 Å². The predicted octanol–water partition coefficient (Wildman–Crippen LogP) is 3.04. The first-order valence-corrected chi connectivity index (χ1v) is 9.27. The van der Waals surface area contributed by atoms with Crippen molar-refractivity contribution in [2.75, 3.05) is 15.5 Å². The number of hydrogen-bond acceptors (Lipinski definition) is 4. The molecule has 28 heavy (non-hydrogen) atoms. The Morgan fingerprint density at radius 3 is 2.21 bits per heavy atom. The normalized spacial score (nSPS) is 27.2. The van der Waals surface area contributed by atoms with Gasteiger partial charge in [-0.3, -0.25) is 19.8 Å². The van der Waals surface area contributed by atoms with Crippen molar-refractivity contribution in [3.63, 3.8) is 0 Å². The molecule has 7 heteroatoms. The van der Waals surface area contributed by atoms with Gasteiger partial charge in [-0.1, -0.05) is 18.2 Å². The van der Waals surface area contributed by atoms with Gasteiger partial charge in [-0.15, -0.1) is 0 Å². The molecule has 7 nitrogen and oxygen atoms in total. The second-order valence-corrected chi connectivity index (χ2v) is 7.35. The summed E-state index contributed by atoms with van der Waals surface area (Å²) in [6, 6.07) is 11.5. The maximum Gasteiger partial charge on any atom is 0.324 e. The molecule has 2 bridgehead atoms. The molecule has 3 aliphatic rings. The van der Waals surface area contributed by atoms with Gasteiger partial charge >= 0.3 is 6.03 Å². The van der Waals surface area contributed by atoms with E-state index in [0.717, 1.165) is 6.42 Å². The number of nitrogens with one attached hydrogen (secondary N) is 2. The lowest BCUT2D eigenvalue weighted by molar-refractivity contribution is -0.123. The van der Waals surface area contributed by atoms with Gasteiger partial charge in [0.1, 0.15) is 5.82 Å². The molecule has 2 aromatic rings. The maximum atomic E-state index is 12.8. The molecule has 0 spiro atoms. The summed E-state index contributed by atoms with van der Waals surface area (Å²) >= 11 is 0. The van der Waals surface area contributed by atoms with Gasteiger partial charge in [-0.05, 0) is 54.7 Å². The van der Waals surface area contributed by atoms with E-state index in [1.165, 1.54) is 4.90 Å². The van der Waals surface area contributed by atoms with Crippen molar-refractivity contribution in [3.05, 3.63) is 60.8 Å². The minimum Gasteiger partial charge on any atom is -0.308 e. The van der Waals surface area contributed by atoms with Crippen molar-refractivity contribution in [2.24, 2.45) is 23.7 Å². The van der Waals surface area contributed by atoms with Crippen molar-refractivity contribution in [3.8, 4) is 0 Å². The quantitative estimate of drug-likeness (QED) is 0.638. The molecule has 4 amide bonds. The monoisotopic (exact) mass is 374 g/mol. The van der Waals surface area contributed by atoms with Crippen LogP contribution in [0.4, 0.5) is 22.0 Å². The Kier molecular flexibility index (Phi) is 3.75. The molecule has 1 saturated carbocycles. The van der Waals surface area contributed by atoms with Crippen LogP contribution >= 0.6 is 0 Å². The summed E-state index contributed by atoms with van der Waals surface area (Å²) in [7, 11) is 0. The van der Waals surface area contributed by atoms with E-state index in [1.807, 2.05) is 0 Å². The smallest absolute Gasteiger partial charge is 0.308 e. The lowest BCUT2D eigenvalue weighted by Gasteiger charge is -2.17. The number of rotatable bonds is 3. The number of anilines is 3. The third kappa shape index (κ3) is 2.58. The average molecular weight is 374 g/mol. The number of benzene rings is 1. The summed E-state index contributed by atoms with van der Waals surface area (Å²) in [5.41, 5.74) is 1.10. The molecule has 1 aromatic heterocycles. The first-order valence-electron chi connectivity index (χ1n) is 9.27. The van der Waals surface area contributed by atoms with Crippen LogP contribution in [0.25, 0.3) is 0 Å². The predicted molar refractivity (Wildman–Crippen MR) is 104 cm³/mol. The molecule has 1 aromatic carbocycles. The average Bonchev–Trinajstić information content (AvgIpc) is 3.37. The van der Waals surface area contributed by atoms with E-state index in [9.17, 15) is 14.4 Å². The summed E-state index contributed by atoms with van der Waals surface area (Å²) in [6.45, 7) is 0. The van der Waals surface area contributed by atoms with Gasteiger partial charge in [-0.2, -0.15) is 0 Å². The van der Waals surface area contributed by atoms with Gasteiger partial charge in [0.2, 0.25) is 11.8 Å². The number of allylic oxidation sites excluding steroid dienone is 2. The lowest BCUT2D eigenvalue weighted by Crippen LogP contribution is -2.32. The van der Waals surface area contributed by atoms with E-state index in [-0.39, 0.29) is 35.5 Å². The van der Waals surface area contributed by atoms with Crippen molar-refractivity contribution in [2.45, 2.75) is 6.42 Å². The van der Waals surface area contributed by atoms with Crippen LogP contribution in [0.1, 0.15) is 6.42 Å². The minimum atomic E-state index is -0.419. The Labute approximate surface area is 161 Å². The fraction of sp³-hybridized carbons (Fsp3) is 0.238. The van der Waals surface area contributed by atoms with Crippen LogP contribution < -0.4 is 15.5 Å². The van der Waals surface area contributed by atoms with E-state index in [4.69, 9.17) is 0 Å². The van der Waals surface area contributed by atoms with Gasteiger partial charge in [0, 0.05) is 11.9 Å². The maximum absolute atomic E-state index is 12.8. The molecule has 140 valence electrons. The zero-order valence-electron chi connectivity index (χ0n) is 14.9. The summed E-state index contributed by atoms with van der Waals surface area (Å²) in [5, 5.41) is 5.34. The molecule has 2 heterocycles. The van der Waals surface area contributed by atoms with Gasteiger partial charge in [0.25, 0.3) is 0 Å². The molecule has 0 radical (unpaired) electrons. The van der Waals surface area contributed by atoms with Gasteiger partial charge in [0.05, 0.1) is 17.5 Å². The van der Waals surface area contributed by atoms with E-state index < -0.39 is 6.03 Å². The SMILES string of the molecule is O=C(Nc1ccc(N2C(=O)C3C4C=CC(C4)C3C2=O)cc1)Nc1ccccn1. The van der Waals surface area contributed by atoms with E-state index >= 15 is 0 Å². The van der Waals surface area contributed by atoms with Crippen LogP contribution in [-0.2, 0) is 9.59 Å². The topological polar surface area (TPSA) is 91.4 Å². The first kappa shape index (κ1) is 16.7.